The van der Waals surface area contributed by atoms with Gasteiger partial charge < -0.3 is 9.26 Å². The topological polar surface area (TPSA) is 126 Å². The predicted molar refractivity (Wildman–Crippen MR) is 124 cm³/mol. The molecule has 1 aliphatic carbocycles. The summed E-state index contributed by atoms with van der Waals surface area (Å²) in [4.78, 5) is 12.2. The highest BCUT2D eigenvalue weighted by Crippen LogP contribution is 2.35. The quantitative estimate of drug-likeness (QED) is 0.371. The number of fused-ring (bicyclic) bond motifs is 1. The zero-order valence-electron chi connectivity index (χ0n) is 19.9. The van der Waals surface area contributed by atoms with E-state index in [1.807, 2.05) is 13.8 Å². The maximum atomic E-state index is 14.8. The van der Waals surface area contributed by atoms with E-state index in [1.54, 1.807) is 0 Å². The molecule has 0 spiro atoms. The number of hydrogen-bond acceptors (Lipinski definition) is 9. The molecule has 3 aromatic heterocycles. The molecule has 0 radical (unpaired) electrons. The predicted octanol–water partition coefficient (Wildman–Crippen LogP) is 4.11. The standard InChI is InChI=1S/C23H24F2N6O4S/c1-12(2)20-29-22(35-30-20)13-4-6-14(7-5-13)34-23-15-10-28-31(21(15)26-11-27-23)18-8-17(25)19(9-16(18)24)36(3,32)33/h8-14H,4-7H2,1-3H3. The van der Waals surface area contributed by atoms with Crippen LogP contribution in [-0.2, 0) is 9.84 Å². The maximum Gasteiger partial charge on any atom is 0.229 e. The Kier molecular flexibility index (Phi) is 6.18. The summed E-state index contributed by atoms with van der Waals surface area (Å²) < 4.78 is 65.3. The van der Waals surface area contributed by atoms with E-state index in [9.17, 15) is 17.2 Å². The number of sulfone groups is 1. The summed E-state index contributed by atoms with van der Waals surface area (Å²) in [5.41, 5.74) is -0.0773. The van der Waals surface area contributed by atoms with Gasteiger partial charge in [0, 0.05) is 24.2 Å². The second-order valence-electron chi connectivity index (χ2n) is 9.22. The van der Waals surface area contributed by atoms with Crippen LogP contribution in [0.4, 0.5) is 8.78 Å². The third-order valence-corrected chi connectivity index (χ3v) is 7.35. The van der Waals surface area contributed by atoms with E-state index in [0.29, 0.717) is 23.2 Å². The molecule has 4 aromatic rings. The van der Waals surface area contributed by atoms with Crippen molar-refractivity contribution >= 4 is 20.9 Å². The molecule has 10 nitrogen and oxygen atoms in total. The van der Waals surface area contributed by atoms with Crippen LogP contribution in [0.2, 0.25) is 0 Å². The highest BCUT2D eigenvalue weighted by atomic mass is 32.2. The van der Waals surface area contributed by atoms with Crippen LogP contribution in [0.15, 0.2) is 34.1 Å². The number of halogens is 2. The molecule has 5 rings (SSSR count). The molecular weight excluding hydrogens is 494 g/mol. The lowest BCUT2D eigenvalue weighted by molar-refractivity contribution is 0.135. The minimum Gasteiger partial charge on any atom is -0.474 e. The van der Waals surface area contributed by atoms with Gasteiger partial charge in [-0.25, -0.2) is 31.8 Å². The van der Waals surface area contributed by atoms with Crippen LogP contribution < -0.4 is 4.74 Å². The van der Waals surface area contributed by atoms with Crippen LogP contribution in [0.5, 0.6) is 5.88 Å². The van der Waals surface area contributed by atoms with Crippen LogP contribution in [-0.4, -0.2) is 50.7 Å². The Hall–Kier alpha value is -3.48. The third-order valence-electron chi connectivity index (χ3n) is 6.23. The molecule has 1 saturated carbocycles. The molecule has 0 amide bonds. The average molecular weight is 519 g/mol. The summed E-state index contributed by atoms with van der Waals surface area (Å²) in [7, 11) is -3.94. The summed E-state index contributed by atoms with van der Waals surface area (Å²) >= 11 is 0. The largest absolute Gasteiger partial charge is 0.474 e. The summed E-state index contributed by atoms with van der Waals surface area (Å²) in [6.45, 7) is 4.03. The smallest absolute Gasteiger partial charge is 0.229 e. The number of nitrogens with zero attached hydrogens (tertiary/aromatic N) is 6. The van der Waals surface area contributed by atoms with Crippen molar-refractivity contribution in [3.05, 3.63) is 48.0 Å². The first-order valence-corrected chi connectivity index (χ1v) is 13.4. The van der Waals surface area contributed by atoms with Crippen molar-refractivity contribution in [2.24, 2.45) is 0 Å². The Morgan fingerprint density at radius 1 is 1.11 bits per heavy atom. The number of rotatable bonds is 6. The van der Waals surface area contributed by atoms with E-state index < -0.39 is 26.4 Å². The van der Waals surface area contributed by atoms with Gasteiger partial charge in [-0.05, 0) is 31.7 Å². The Labute approximate surface area is 205 Å². The molecule has 13 heteroatoms. The van der Waals surface area contributed by atoms with Gasteiger partial charge in [-0.2, -0.15) is 10.1 Å². The van der Waals surface area contributed by atoms with E-state index in [2.05, 4.69) is 25.2 Å². The molecule has 3 heterocycles. The fourth-order valence-electron chi connectivity index (χ4n) is 4.29. The number of benzene rings is 1. The number of hydrogen-bond donors (Lipinski definition) is 0. The van der Waals surface area contributed by atoms with Crippen molar-refractivity contribution in [1.29, 1.82) is 0 Å². The Morgan fingerprint density at radius 2 is 1.86 bits per heavy atom. The highest BCUT2D eigenvalue weighted by molar-refractivity contribution is 7.90. The summed E-state index contributed by atoms with van der Waals surface area (Å²) in [6.07, 6.45) is 6.48. The second kappa shape index (κ2) is 9.19. The molecule has 0 aliphatic heterocycles. The molecular formula is C23H24F2N6O4S. The summed E-state index contributed by atoms with van der Waals surface area (Å²) in [5, 5.41) is 8.60. The lowest BCUT2D eigenvalue weighted by Gasteiger charge is -2.26. The van der Waals surface area contributed by atoms with Crippen LogP contribution in [0.25, 0.3) is 16.7 Å². The third kappa shape index (κ3) is 4.54. The molecule has 0 bridgehead atoms. The summed E-state index contributed by atoms with van der Waals surface area (Å²) in [5.74, 6) is -0.0330. The zero-order valence-corrected chi connectivity index (χ0v) is 20.7. The van der Waals surface area contributed by atoms with Crippen molar-refractivity contribution in [3.63, 3.8) is 0 Å². The molecule has 190 valence electrons. The molecule has 0 N–H and O–H groups in total. The molecule has 1 aromatic carbocycles. The maximum absolute atomic E-state index is 14.8. The van der Waals surface area contributed by atoms with E-state index in [4.69, 9.17) is 9.26 Å². The molecule has 0 unspecified atom stereocenters. The first-order valence-electron chi connectivity index (χ1n) is 11.5. The Balaban J connectivity index is 1.35. The first-order chi connectivity index (χ1) is 17.1. The van der Waals surface area contributed by atoms with Crippen molar-refractivity contribution in [2.45, 2.75) is 62.4 Å². The van der Waals surface area contributed by atoms with Crippen molar-refractivity contribution in [3.8, 4) is 11.6 Å². The van der Waals surface area contributed by atoms with Crippen LogP contribution in [0.3, 0.4) is 0 Å². The monoisotopic (exact) mass is 518 g/mol. The van der Waals surface area contributed by atoms with Gasteiger partial charge in [0.15, 0.2) is 21.3 Å². The van der Waals surface area contributed by atoms with Crippen molar-refractivity contribution in [1.82, 2.24) is 29.9 Å². The highest BCUT2D eigenvalue weighted by Gasteiger charge is 2.29. The second-order valence-corrected chi connectivity index (χ2v) is 11.2. The fourth-order valence-corrected chi connectivity index (χ4v) is 5.02. The first kappa shape index (κ1) is 24.2. The van der Waals surface area contributed by atoms with E-state index >= 15 is 0 Å². The lowest BCUT2D eigenvalue weighted by atomic mass is 9.87. The van der Waals surface area contributed by atoms with Crippen LogP contribution in [0.1, 0.15) is 63.1 Å². The van der Waals surface area contributed by atoms with Crippen molar-refractivity contribution in [2.75, 3.05) is 6.26 Å². The molecule has 0 atom stereocenters. The SMILES string of the molecule is CC(C)c1noc(C2CCC(Oc3ncnc4c3cnn4-c3cc(F)c(S(C)(=O)=O)cc3F)CC2)n1. The van der Waals surface area contributed by atoms with Crippen molar-refractivity contribution < 1.29 is 26.5 Å². The normalized spacial score (nSPS) is 18.7. The molecule has 1 aliphatic rings. The van der Waals surface area contributed by atoms with E-state index in [0.717, 1.165) is 42.7 Å². The van der Waals surface area contributed by atoms with Gasteiger partial charge in [0.2, 0.25) is 11.8 Å². The van der Waals surface area contributed by atoms with Gasteiger partial charge in [0.05, 0.1) is 6.20 Å². The van der Waals surface area contributed by atoms with Gasteiger partial charge in [-0.15, -0.1) is 0 Å². The van der Waals surface area contributed by atoms with Gasteiger partial charge in [0.25, 0.3) is 0 Å². The lowest BCUT2D eigenvalue weighted by Crippen LogP contribution is -2.24. The van der Waals surface area contributed by atoms with Gasteiger partial charge in [0.1, 0.15) is 40.0 Å². The number of aromatic nitrogens is 6. The van der Waals surface area contributed by atoms with Crippen LogP contribution >= 0.6 is 0 Å². The Bertz CT molecular complexity index is 1530. The minimum absolute atomic E-state index is 0.113. The van der Waals surface area contributed by atoms with E-state index in [-0.39, 0.29) is 35.2 Å². The number of ether oxygens (including phenoxy) is 1. The Morgan fingerprint density at radius 3 is 2.53 bits per heavy atom. The molecule has 36 heavy (non-hydrogen) atoms. The fraction of sp³-hybridized carbons (Fsp3) is 0.435. The van der Waals surface area contributed by atoms with Gasteiger partial charge in [-0.3, -0.25) is 0 Å². The molecule has 0 saturated heterocycles. The molecule has 1 fully saturated rings. The van der Waals surface area contributed by atoms with E-state index in [1.165, 1.54) is 12.5 Å². The van der Waals surface area contributed by atoms with Gasteiger partial charge >= 0.3 is 0 Å². The minimum atomic E-state index is -3.94. The van der Waals surface area contributed by atoms with Gasteiger partial charge in [-0.1, -0.05) is 19.0 Å². The average Bonchev–Trinajstić information content (AvgIpc) is 3.49. The van der Waals surface area contributed by atoms with Crippen LogP contribution in [0, 0.1) is 11.6 Å². The summed E-state index contributed by atoms with van der Waals surface area (Å²) in [6, 6.07) is 1.42. The zero-order chi connectivity index (χ0) is 25.6.